The van der Waals surface area contributed by atoms with Gasteiger partial charge in [0.1, 0.15) is 5.75 Å². The van der Waals surface area contributed by atoms with E-state index in [0.29, 0.717) is 24.2 Å². The number of aryl methyl sites for hydroxylation is 1. The quantitative estimate of drug-likeness (QED) is 0.865. The highest BCUT2D eigenvalue weighted by atomic mass is 32.2. The minimum atomic E-state index is -3.61. The molecule has 112 valence electrons. The molecule has 0 spiro atoms. The second kappa shape index (κ2) is 5.71. The Kier molecular flexibility index (Phi) is 4.36. The molecule has 1 fully saturated rings. The highest BCUT2D eigenvalue weighted by molar-refractivity contribution is 7.89. The number of ether oxygens (including phenoxy) is 1. The van der Waals surface area contributed by atoms with E-state index in [4.69, 9.17) is 4.74 Å². The predicted octanol–water partition coefficient (Wildman–Crippen LogP) is 1.59. The van der Waals surface area contributed by atoms with Crippen LogP contribution in [-0.2, 0) is 10.0 Å². The fourth-order valence-corrected chi connectivity index (χ4v) is 3.91. The van der Waals surface area contributed by atoms with Crippen molar-refractivity contribution in [3.8, 4) is 5.75 Å². The number of aliphatic hydroxyl groups is 1. The average molecular weight is 299 g/mol. The summed E-state index contributed by atoms with van der Waals surface area (Å²) in [6.45, 7) is 1.79. The number of hydrogen-bond donors (Lipinski definition) is 2. The molecule has 1 saturated carbocycles. The predicted molar refractivity (Wildman–Crippen MR) is 76.3 cm³/mol. The highest BCUT2D eigenvalue weighted by Crippen LogP contribution is 2.29. The van der Waals surface area contributed by atoms with Gasteiger partial charge in [0.15, 0.2) is 0 Å². The van der Waals surface area contributed by atoms with Crippen molar-refractivity contribution < 1.29 is 18.3 Å². The zero-order valence-electron chi connectivity index (χ0n) is 11.8. The summed E-state index contributed by atoms with van der Waals surface area (Å²) in [5.74, 6) is 0.621. The summed E-state index contributed by atoms with van der Waals surface area (Å²) in [7, 11) is -2.07. The molecular weight excluding hydrogens is 278 g/mol. The molecule has 1 aromatic rings. The lowest BCUT2D eigenvalue weighted by Crippen LogP contribution is -2.40. The Hall–Kier alpha value is -1.11. The molecular formula is C14H21NO4S. The van der Waals surface area contributed by atoms with Crippen molar-refractivity contribution in [1.29, 1.82) is 0 Å². The molecule has 0 aromatic heterocycles. The molecule has 0 bridgehead atoms. The standard InChI is InChI=1S/C14H21NO4S/c1-11-9-12(19-2)5-6-13(11)20(17,18)15-10-14(16)7-3-4-8-14/h5-6,9,15-16H,3-4,7-8,10H2,1-2H3. The van der Waals surface area contributed by atoms with E-state index in [9.17, 15) is 13.5 Å². The van der Waals surface area contributed by atoms with Crippen molar-refractivity contribution in [2.24, 2.45) is 0 Å². The van der Waals surface area contributed by atoms with Crippen molar-refractivity contribution in [1.82, 2.24) is 4.72 Å². The fourth-order valence-electron chi connectivity index (χ4n) is 2.57. The Labute approximate surface area is 120 Å². The lowest BCUT2D eigenvalue weighted by molar-refractivity contribution is 0.0531. The Bertz CT molecular complexity index is 577. The van der Waals surface area contributed by atoms with Gasteiger partial charge in [0.2, 0.25) is 10.0 Å². The molecule has 1 aliphatic carbocycles. The molecule has 5 nitrogen and oxygen atoms in total. The van der Waals surface area contributed by atoms with Gasteiger partial charge in [-0.3, -0.25) is 0 Å². The van der Waals surface area contributed by atoms with Crippen LogP contribution in [0.15, 0.2) is 23.1 Å². The zero-order valence-corrected chi connectivity index (χ0v) is 12.7. The van der Waals surface area contributed by atoms with Gasteiger partial charge in [-0.2, -0.15) is 0 Å². The first-order valence-electron chi connectivity index (χ1n) is 6.73. The van der Waals surface area contributed by atoms with E-state index in [2.05, 4.69) is 4.72 Å². The van der Waals surface area contributed by atoms with E-state index in [1.54, 1.807) is 19.1 Å². The van der Waals surface area contributed by atoms with E-state index < -0.39 is 15.6 Å². The molecule has 0 atom stereocenters. The van der Waals surface area contributed by atoms with E-state index in [-0.39, 0.29) is 11.4 Å². The first-order valence-corrected chi connectivity index (χ1v) is 8.21. The molecule has 1 aromatic carbocycles. The molecule has 6 heteroatoms. The maximum Gasteiger partial charge on any atom is 0.240 e. The first kappa shape index (κ1) is 15.3. The maximum atomic E-state index is 12.3. The van der Waals surface area contributed by atoms with Crippen LogP contribution in [0.2, 0.25) is 0 Å². The van der Waals surface area contributed by atoms with Crippen molar-refractivity contribution in [2.75, 3.05) is 13.7 Å². The molecule has 1 aliphatic rings. The van der Waals surface area contributed by atoms with Crippen molar-refractivity contribution in [3.05, 3.63) is 23.8 Å². The molecule has 2 rings (SSSR count). The van der Waals surface area contributed by atoms with E-state index in [0.717, 1.165) is 12.8 Å². The number of methoxy groups -OCH3 is 1. The summed E-state index contributed by atoms with van der Waals surface area (Å²) in [6, 6.07) is 4.82. The smallest absolute Gasteiger partial charge is 0.240 e. The second-order valence-electron chi connectivity index (χ2n) is 5.39. The summed E-state index contributed by atoms with van der Waals surface area (Å²) < 4.78 is 32.2. The minimum absolute atomic E-state index is 0.0702. The monoisotopic (exact) mass is 299 g/mol. The molecule has 0 unspecified atom stereocenters. The molecule has 0 saturated heterocycles. The van der Waals surface area contributed by atoms with Gasteiger partial charge in [0.25, 0.3) is 0 Å². The van der Waals surface area contributed by atoms with Gasteiger partial charge >= 0.3 is 0 Å². The summed E-state index contributed by atoms with van der Waals surface area (Å²) in [5.41, 5.74) is -0.275. The van der Waals surface area contributed by atoms with Gasteiger partial charge in [-0.05, 0) is 43.5 Å². The van der Waals surface area contributed by atoms with Crippen molar-refractivity contribution in [2.45, 2.75) is 43.1 Å². The molecule has 0 amide bonds. The number of sulfonamides is 1. The highest BCUT2D eigenvalue weighted by Gasteiger charge is 2.32. The second-order valence-corrected chi connectivity index (χ2v) is 7.12. The van der Waals surface area contributed by atoms with Gasteiger partial charge in [0, 0.05) is 6.54 Å². The van der Waals surface area contributed by atoms with E-state index in [1.807, 2.05) is 0 Å². The lowest BCUT2D eigenvalue weighted by atomic mass is 10.0. The Balaban J connectivity index is 2.14. The van der Waals surface area contributed by atoms with Crippen LogP contribution in [0.25, 0.3) is 0 Å². The third-order valence-corrected chi connectivity index (χ3v) is 5.36. The minimum Gasteiger partial charge on any atom is -0.497 e. The largest absolute Gasteiger partial charge is 0.497 e. The van der Waals surface area contributed by atoms with Crippen LogP contribution in [0.4, 0.5) is 0 Å². The van der Waals surface area contributed by atoms with Crippen LogP contribution in [0, 0.1) is 6.92 Å². The SMILES string of the molecule is COc1ccc(S(=O)(=O)NCC2(O)CCCC2)c(C)c1. The van der Waals surface area contributed by atoms with Crippen LogP contribution in [0.1, 0.15) is 31.2 Å². The topological polar surface area (TPSA) is 75.6 Å². The van der Waals surface area contributed by atoms with Crippen LogP contribution in [-0.4, -0.2) is 32.8 Å². The van der Waals surface area contributed by atoms with Crippen LogP contribution < -0.4 is 9.46 Å². The van der Waals surface area contributed by atoms with Crippen molar-refractivity contribution in [3.63, 3.8) is 0 Å². The first-order chi connectivity index (χ1) is 9.36. The van der Waals surface area contributed by atoms with Gasteiger partial charge in [0.05, 0.1) is 17.6 Å². The van der Waals surface area contributed by atoms with Crippen LogP contribution in [0.3, 0.4) is 0 Å². The summed E-state index contributed by atoms with van der Waals surface area (Å²) in [6.07, 6.45) is 3.19. The van der Waals surface area contributed by atoms with Crippen molar-refractivity contribution >= 4 is 10.0 Å². The number of nitrogens with one attached hydrogen (secondary N) is 1. The van der Waals surface area contributed by atoms with Crippen LogP contribution in [0.5, 0.6) is 5.75 Å². The Morgan fingerprint density at radius 1 is 1.35 bits per heavy atom. The number of benzene rings is 1. The van der Waals surface area contributed by atoms with E-state index >= 15 is 0 Å². The number of rotatable bonds is 5. The number of hydrogen-bond acceptors (Lipinski definition) is 4. The lowest BCUT2D eigenvalue weighted by Gasteiger charge is -2.22. The Morgan fingerprint density at radius 2 is 2.00 bits per heavy atom. The fraction of sp³-hybridized carbons (Fsp3) is 0.571. The summed E-state index contributed by atoms with van der Waals surface area (Å²) >= 11 is 0. The van der Waals surface area contributed by atoms with Crippen LogP contribution >= 0.6 is 0 Å². The third-order valence-electron chi connectivity index (χ3n) is 3.80. The van der Waals surface area contributed by atoms with Gasteiger partial charge in [-0.1, -0.05) is 12.8 Å². The van der Waals surface area contributed by atoms with Gasteiger partial charge < -0.3 is 9.84 Å². The molecule has 0 aliphatic heterocycles. The molecule has 2 N–H and O–H groups in total. The third kappa shape index (κ3) is 3.31. The molecule has 0 heterocycles. The van der Waals surface area contributed by atoms with Gasteiger partial charge in [-0.25, -0.2) is 13.1 Å². The average Bonchev–Trinajstić information content (AvgIpc) is 2.84. The zero-order chi connectivity index (χ0) is 14.8. The Morgan fingerprint density at radius 3 is 2.55 bits per heavy atom. The van der Waals surface area contributed by atoms with Gasteiger partial charge in [-0.15, -0.1) is 0 Å². The molecule has 20 heavy (non-hydrogen) atoms. The maximum absolute atomic E-state index is 12.3. The summed E-state index contributed by atoms with van der Waals surface area (Å²) in [4.78, 5) is 0.222. The summed E-state index contributed by atoms with van der Waals surface area (Å²) in [5, 5.41) is 10.2. The normalized spacial score (nSPS) is 18.1. The molecule has 0 radical (unpaired) electrons. The van der Waals surface area contributed by atoms with E-state index in [1.165, 1.54) is 13.2 Å².